The molecule has 192 valence electrons. The summed E-state index contributed by atoms with van der Waals surface area (Å²) in [5.74, 6) is 0.0796. The predicted molar refractivity (Wildman–Crippen MR) is 146 cm³/mol. The Labute approximate surface area is 217 Å². The van der Waals surface area contributed by atoms with E-state index < -0.39 is 5.92 Å². The first kappa shape index (κ1) is 25.0. The Morgan fingerprint density at radius 2 is 1.70 bits per heavy atom. The van der Waals surface area contributed by atoms with Crippen molar-refractivity contribution in [1.82, 2.24) is 14.8 Å². The van der Waals surface area contributed by atoms with E-state index in [4.69, 9.17) is 4.74 Å². The minimum atomic E-state index is -0.394. The Bertz CT molecular complexity index is 1340. The molecule has 1 amide bonds. The number of hydrogen-bond acceptors (Lipinski definition) is 3. The van der Waals surface area contributed by atoms with Gasteiger partial charge in [-0.05, 0) is 66.9 Å². The minimum Gasteiger partial charge on any atom is -0.497 e. The van der Waals surface area contributed by atoms with Crippen LogP contribution in [0.15, 0.2) is 79.0 Å². The van der Waals surface area contributed by atoms with E-state index in [1.54, 1.807) is 19.2 Å². The molecule has 0 spiro atoms. The number of ether oxygens (including phenoxy) is 1. The number of para-hydroxylation sites is 1. The lowest BCUT2D eigenvalue weighted by Gasteiger charge is -2.19. The number of rotatable bonds is 10. The maximum atomic E-state index is 15.1. The minimum absolute atomic E-state index is 0.0561. The van der Waals surface area contributed by atoms with E-state index in [0.29, 0.717) is 18.7 Å². The molecule has 1 aromatic heterocycles. The first-order chi connectivity index (χ1) is 18.1. The molecule has 3 aromatic carbocycles. The molecule has 0 unspecified atom stereocenters. The van der Waals surface area contributed by atoms with Gasteiger partial charge in [0.05, 0.1) is 7.11 Å². The summed E-state index contributed by atoms with van der Waals surface area (Å²) in [5.41, 5.74) is 3.70. The summed E-state index contributed by atoms with van der Waals surface area (Å²) in [7, 11) is 1.66. The highest BCUT2D eigenvalue weighted by Gasteiger charge is 2.25. The Balaban J connectivity index is 1.44. The van der Waals surface area contributed by atoms with Crippen molar-refractivity contribution < 1.29 is 13.9 Å². The van der Waals surface area contributed by atoms with Gasteiger partial charge in [-0.1, -0.05) is 48.5 Å². The third-order valence-corrected chi connectivity index (χ3v) is 7.33. The van der Waals surface area contributed by atoms with E-state index in [-0.39, 0.29) is 18.1 Å². The molecule has 0 aliphatic carbocycles. The van der Waals surface area contributed by atoms with Crippen LogP contribution in [-0.4, -0.2) is 48.7 Å². The fourth-order valence-electron chi connectivity index (χ4n) is 5.37. The normalized spacial score (nSPS) is 14.6. The number of amides is 1. The highest BCUT2D eigenvalue weighted by Crippen LogP contribution is 2.36. The fraction of sp³-hybridized carbons (Fsp3) is 0.323. The van der Waals surface area contributed by atoms with E-state index in [1.807, 2.05) is 30.3 Å². The van der Waals surface area contributed by atoms with E-state index in [1.165, 1.54) is 18.9 Å². The van der Waals surface area contributed by atoms with Crippen molar-refractivity contribution in [3.63, 3.8) is 0 Å². The van der Waals surface area contributed by atoms with Crippen LogP contribution in [0.25, 0.3) is 10.9 Å². The third-order valence-electron chi connectivity index (χ3n) is 7.33. The number of carbonyl (C=O) groups is 1. The van der Waals surface area contributed by atoms with Crippen molar-refractivity contribution in [3.05, 3.63) is 102 Å². The average Bonchev–Trinajstić information content (AvgIpc) is 3.57. The van der Waals surface area contributed by atoms with Crippen LogP contribution in [0.5, 0.6) is 5.75 Å². The summed E-state index contributed by atoms with van der Waals surface area (Å²) >= 11 is 0. The Hall–Kier alpha value is -3.64. The molecule has 37 heavy (non-hydrogen) atoms. The number of halogens is 1. The Morgan fingerprint density at radius 3 is 2.46 bits per heavy atom. The molecule has 1 N–H and O–H groups in total. The third kappa shape index (κ3) is 5.86. The molecule has 0 radical (unpaired) electrons. The van der Waals surface area contributed by atoms with E-state index in [0.717, 1.165) is 47.4 Å². The van der Waals surface area contributed by atoms with Crippen molar-refractivity contribution >= 4 is 16.8 Å². The number of methoxy groups -OCH3 is 1. The Morgan fingerprint density at radius 1 is 0.973 bits per heavy atom. The van der Waals surface area contributed by atoms with Crippen molar-refractivity contribution in [2.75, 3.05) is 33.3 Å². The number of hydrogen-bond donors (Lipinski definition) is 1. The SMILES string of the molecule is COc1ccc(Cn2cc([C@@H](CC(=O)NCCN3CCCC3)c3ccccc3F)c3ccccc32)cc1. The topological polar surface area (TPSA) is 46.5 Å². The molecule has 0 bridgehead atoms. The number of carbonyl (C=O) groups excluding carboxylic acids is 1. The van der Waals surface area contributed by atoms with Crippen molar-refractivity contribution in [2.24, 2.45) is 0 Å². The van der Waals surface area contributed by atoms with E-state index in [2.05, 4.69) is 45.2 Å². The van der Waals surface area contributed by atoms with Crippen molar-refractivity contribution in [2.45, 2.75) is 31.7 Å². The van der Waals surface area contributed by atoms with Gasteiger partial charge < -0.3 is 19.5 Å². The number of benzene rings is 3. The summed E-state index contributed by atoms with van der Waals surface area (Å²) in [6, 6.07) is 23.0. The van der Waals surface area contributed by atoms with E-state index in [9.17, 15) is 4.79 Å². The van der Waals surface area contributed by atoms with Gasteiger partial charge in [0.25, 0.3) is 0 Å². The maximum Gasteiger partial charge on any atom is 0.220 e. The summed E-state index contributed by atoms with van der Waals surface area (Å²) < 4.78 is 22.6. The van der Waals surface area contributed by atoms with Crippen molar-refractivity contribution in [3.8, 4) is 5.75 Å². The zero-order valence-corrected chi connectivity index (χ0v) is 21.3. The summed E-state index contributed by atoms with van der Waals surface area (Å²) in [6.45, 7) is 4.33. The number of fused-ring (bicyclic) bond motifs is 1. The zero-order valence-electron chi connectivity index (χ0n) is 21.3. The molecule has 5 rings (SSSR count). The van der Waals surface area contributed by atoms with Crippen LogP contribution in [0.2, 0.25) is 0 Å². The van der Waals surface area contributed by atoms with Gasteiger partial charge in [-0.15, -0.1) is 0 Å². The van der Waals surface area contributed by atoms with Crippen LogP contribution in [0.3, 0.4) is 0 Å². The van der Waals surface area contributed by atoms with Crippen LogP contribution < -0.4 is 10.1 Å². The summed E-state index contributed by atoms with van der Waals surface area (Å²) in [5, 5.41) is 4.12. The van der Waals surface area contributed by atoms with Crippen LogP contribution in [0, 0.1) is 5.82 Å². The number of nitrogens with one attached hydrogen (secondary N) is 1. The number of aromatic nitrogens is 1. The summed E-state index contributed by atoms with van der Waals surface area (Å²) in [4.78, 5) is 15.5. The van der Waals surface area contributed by atoms with Gasteiger partial charge in [0, 0.05) is 49.1 Å². The van der Waals surface area contributed by atoms with Crippen LogP contribution in [0.4, 0.5) is 4.39 Å². The van der Waals surface area contributed by atoms with E-state index >= 15 is 4.39 Å². The van der Waals surface area contributed by atoms with Crippen LogP contribution >= 0.6 is 0 Å². The van der Waals surface area contributed by atoms with Gasteiger partial charge >= 0.3 is 0 Å². The van der Waals surface area contributed by atoms with Crippen LogP contribution in [-0.2, 0) is 11.3 Å². The molecule has 1 fully saturated rings. The summed E-state index contributed by atoms with van der Waals surface area (Å²) in [6.07, 6.45) is 4.73. The molecule has 1 saturated heterocycles. The first-order valence-electron chi connectivity index (χ1n) is 13.1. The smallest absolute Gasteiger partial charge is 0.220 e. The molecule has 4 aromatic rings. The van der Waals surface area contributed by atoms with Gasteiger partial charge in [0.1, 0.15) is 11.6 Å². The lowest BCUT2D eigenvalue weighted by Crippen LogP contribution is -2.34. The highest BCUT2D eigenvalue weighted by molar-refractivity contribution is 5.86. The highest BCUT2D eigenvalue weighted by atomic mass is 19.1. The van der Waals surface area contributed by atoms with Crippen LogP contribution in [0.1, 0.15) is 41.9 Å². The Kier molecular flexibility index (Phi) is 7.85. The average molecular weight is 500 g/mol. The second-order valence-corrected chi connectivity index (χ2v) is 9.75. The van der Waals surface area contributed by atoms with Gasteiger partial charge in [-0.2, -0.15) is 0 Å². The molecule has 1 aliphatic rings. The molecular formula is C31H34FN3O2. The predicted octanol–water partition coefficient (Wildman–Crippen LogP) is 5.57. The van der Waals surface area contributed by atoms with Gasteiger partial charge in [0.15, 0.2) is 0 Å². The molecule has 5 nitrogen and oxygen atoms in total. The quantitative estimate of drug-likeness (QED) is 0.310. The standard InChI is InChI=1S/C31H34FN3O2/c1-37-24-14-12-23(13-15-24)21-35-22-28(26-9-3-5-11-30(26)35)27(25-8-2-4-10-29(25)32)20-31(36)33-16-19-34-17-6-7-18-34/h2-5,8-15,22,27H,6-7,16-21H2,1H3,(H,33,36)/t27-/m0/s1. The maximum absolute atomic E-state index is 15.1. The lowest BCUT2D eigenvalue weighted by atomic mass is 9.87. The first-order valence-corrected chi connectivity index (χ1v) is 13.1. The molecule has 1 atom stereocenters. The molecular weight excluding hydrogens is 465 g/mol. The lowest BCUT2D eigenvalue weighted by molar-refractivity contribution is -0.121. The molecule has 1 aliphatic heterocycles. The molecule has 2 heterocycles. The monoisotopic (exact) mass is 499 g/mol. The van der Waals surface area contributed by atoms with Gasteiger partial charge in [-0.3, -0.25) is 4.79 Å². The van der Waals surface area contributed by atoms with Crippen molar-refractivity contribution in [1.29, 1.82) is 0 Å². The molecule has 0 saturated carbocycles. The number of likely N-dealkylation sites (tertiary alicyclic amines) is 1. The second-order valence-electron chi connectivity index (χ2n) is 9.75. The van der Waals surface area contributed by atoms with Gasteiger partial charge in [0.2, 0.25) is 5.91 Å². The van der Waals surface area contributed by atoms with Gasteiger partial charge in [-0.25, -0.2) is 4.39 Å². The number of nitrogens with zero attached hydrogens (tertiary/aromatic N) is 2. The fourth-order valence-corrected chi connectivity index (χ4v) is 5.37. The largest absolute Gasteiger partial charge is 0.497 e. The zero-order chi connectivity index (χ0) is 25.6. The molecule has 6 heteroatoms. The second kappa shape index (κ2) is 11.6.